The molecule has 0 aliphatic carbocycles. The molecule has 3 heteroatoms. The van der Waals surface area contributed by atoms with Crippen molar-refractivity contribution in [3.63, 3.8) is 0 Å². The van der Waals surface area contributed by atoms with Crippen LogP contribution in [-0.4, -0.2) is 16.7 Å². The highest BCUT2D eigenvalue weighted by atomic mass is 33.1. The van der Waals surface area contributed by atoms with Crippen LogP contribution in [0.5, 0.6) is 0 Å². The summed E-state index contributed by atoms with van der Waals surface area (Å²) in [6.07, 6.45) is 0. The molecule has 0 N–H and O–H groups in total. The Labute approximate surface area is 70.7 Å². The highest BCUT2D eigenvalue weighted by Gasteiger charge is 2.13. The Kier molecular flexibility index (Phi) is 4.78. The maximum absolute atomic E-state index is 11.9. The van der Waals surface area contributed by atoms with Crippen molar-refractivity contribution in [1.29, 1.82) is 0 Å². The minimum Gasteiger partial charge on any atom is -0.250 e. The van der Waals surface area contributed by atoms with E-state index >= 15 is 0 Å². The molecule has 0 aromatic heterocycles. The molecule has 0 amide bonds. The van der Waals surface area contributed by atoms with E-state index in [0.29, 0.717) is 0 Å². The standard InChI is InChI=1S/C7H15FS2/c1-6(5-8)9-10-7(2,3)4/h6H,5H2,1-4H3. The zero-order valence-corrected chi connectivity index (χ0v) is 8.61. The molecule has 10 heavy (non-hydrogen) atoms. The zero-order chi connectivity index (χ0) is 8.20. The summed E-state index contributed by atoms with van der Waals surface area (Å²) in [6, 6.07) is 0. The molecule has 0 saturated carbocycles. The minimum atomic E-state index is -0.228. The summed E-state index contributed by atoms with van der Waals surface area (Å²) in [6.45, 7) is 8.08. The molecule has 1 atom stereocenters. The predicted molar refractivity (Wildman–Crippen MR) is 50.4 cm³/mol. The van der Waals surface area contributed by atoms with Crippen LogP contribution in [0.15, 0.2) is 0 Å². The summed E-state index contributed by atoms with van der Waals surface area (Å²) in [5.41, 5.74) is 0. The van der Waals surface area contributed by atoms with Crippen molar-refractivity contribution >= 4 is 21.6 Å². The molecule has 0 nitrogen and oxygen atoms in total. The summed E-state index contributed by atoms with van der Waals surface area (Å²) in [7, 11) is 3.37. The van der Waals surface area contributed by atoms with Gasteiger partial charge in [0, 0.05) is 10.00 Å². The van der Waals surface area contributed by atoms with Crippen LogP contribution in [0.25, 0.3) is 0 Å². The van der Waals surface area contributed by atoms with Crippen LogP contribution < -0.4 is 0 Å². The van der Waals surface area contributed by atoms with E-state index < -0.39 is 0 Å². The fourth-order valence-electron chi connectivity index (χ4n) is 0.252. The molecule has 0 bridgehead atoms. The smallest absolute Gasteiger partial charge is 0.102 e. The van der Waals surface area contributed by atoms with E-state index in [1.807, 2.05) is 6.92 Å². The monoisotopic (exact) mass is 182 g/mol. The number of rotatable bonds is 3. The highest BCUT2D eigenvalue weighted by molar-refractivity contribution is 8.77. The maximum Gasteiger partial charge on any atom is 0.102 e. The molecule has 0 rings (SSSR count). The molecular weight excluding hydrogens is 167 g/mol. The van der Waals surface area contributed by atoms with Crippen LogP contribution in [-0.2, 0) is 0 Å². The summed E-state index contributed by atoms with van der Waals surface area (Å²) >= 11 is 0. The van der Waals surface area contributed by atoms with Crippen LogP contribution >= 0.6 is 21.6 Å². The van der Waals surface area contributed by atoms with Gasteiger partial charge in [0.1, 0.15) is 6.67 Å². The van der Waals surface area contributed by atoms with Gasteiger partial charge in [-0.2, -0.15) is 0 Å². The second kappa shape index (κ2) is 4.50. The van der Waals surface area contributed by atoms with Gasteiger partial charge in [-0.1, -0.05) is 42.4 Å². The Bertz CT molecular complexity index is 88.1. The van der Waals surface area contributed by atoms with Gasteiger partial charge in [-0.15, -0.1) is 0 Å². The Morgan fingerprint density at radius 2 is 1.90 bits per heavy atom. The predicted octanol–water partition coefficient (Wildman–Crippen LogP) is 3.52. The SMILES string of the molecule is CC(CF)SSC(C)(C)C. The maximum atomic E-state index is 11.9. The topological polar surface area (TPSA) is 0 Å². The molecule has 0 saturated heterocycles. The Balaban J connectivity index is 3.36. The van der Waals surface area contributed by atoms with E-state index in [2.05, 4.69) is 20.8 Å². The molecule has 0 aliphatic heterocycles. The Morgan fingerprint density at radius 3 is 2.20 bits per heavy atom. The van der Waals surface area contributed by atoms with Gasteiger partial charge in [0.05, 0.1) is 0 Å². The molecular formula is C7H15FS2. The fourth-order valence-corrected chi connectivity index (χ4v) is 2.27. The van der Waals surface area contributed by atoms with Gasteiger partial charge < -0.3 is 0 Å². The molecule has 0 heterocycles. The lowest BCUT2D eigenvalue weighted by molar-refractivity contribution is 0.495. The van der Waals surface area contributed by atoms with Crippen molar-refractivity contribution in [2.45, 2.75) is 37.7 Å². The zero-order valence-electron chi connectivity index (χ0n) is 6.98. The van der Waals surface area contributed by atoms with Crippen LogP contribution in [0.1, 0.15) is 27.7 Å². The average molecular weight is 182 g/mol. The van der Waals surface area contributed by atoms with E-state index in [1.165, 1.54) is 0 Å². The van der Waals surface area contributed by atoms with Crippen molar-refractivity contribution in [3.8, 4) is 0 Å². The van der Waals surface area contributed by atoms with Crippen molar-refractivity contribution in [2.75, 3.05) is 6.67 Å². The minimum absolute atomic E-state index is 0.129. The lowest BCUT2D eigenvalue weighted by Crippen LogP contribution is -2.07. The van der Waals surface area contributed by atoms with Crippen molar-refractivity contribution in [3.05, 3.63) is 0 Å². The summed E-state index contributed by atoms with van der Waals surface area (Å²) in [5.74, 6) is 0. The first-order valence-corrected chi connectivity index (χ1v) is 5.57. The lowest BCUT2D eigenvalue weighted by atomic mass is 10.3. The number of halogens is 1. The van der Waals surface area contributed by atoms with Crippen molar-refractivity contribution in [2.24, 2.45) is 0 Å². The third-order valence-corrected chi connectivity index (χ3v) is 4.50. The van der Waals surface area contributed by atoms with E-state index in [4.69, 9.17) is 0 Å². The van der Waals surface area contributed by atoms with E-state index in [0.717, 1.165) is 0 Å². The number of alkyl halides is 1. The van der Waals surface area contributed by atoms with Gasteiger partial charge >= 0.3 is 0 Å². The van der Waals surface area contributed by atoms with Crippen LogP contribution in [0.2, 0.25) is 0 Å². The van der Waals surface area contributed by atoms with Gasteiger partial charge in [-0.05, 0) is 6.92 Å². The van der Waals surface area contributed by atoms with Gasteiger partial charge in [-0.25, -0.2) is 4.39 Å². The largest absolute Gasteiger partial charge is 0.250 e. The van der Waals surface area contributed by atoms with Crippen LogP contribution in [0.4, 0.5) is 4.39 Å². The molecule has 0 aromatic carbocycles. The first kappa shape index (κ1) is 10.6. The average Bonchev–Trinajstić information content (AvgIpc) is 1.81. The van der Waals surface area contributed by atoms with Gasteiger partial charge in [0.2, 0.25) is 0 Å². The summed E-state index contributed by atoms with van der Waals surface area (Å²) in [4.78, 5) is 0. The number of hydrogen-bond donors (Lipinski definition) is 0. The summed E-state index contributed by atoms with van der Waals surface area (Å²) in [5, 5.41) is 0.129. The third-order valence-electron chi connectivity index (χ3n) is 0.680. The van der Waals surface area contributed by atoms with Crippen LogP contribution in [0, 0.1) is 0 Å². The third kappa shape index (κ3) is 6.75. The molecule has 1 unspecified atom stereocenters. The summed E-state index contributed by atoms with van der Waals surface area (Å²) < 4.78 is 12.2. The molecule has 0 aromatic rings. The van der Waals surface area contributed by atoms with Gasteiger partial charge in [-0.3, -0.25) is 0 Å². The highest BCUT2D eigenvalue weighted by Crippen LogP contribution is 2.37. The first-order chi connectivity index (χ1) is 4.45. The van der Waals surface area contributed by atoms with E-state index in [-0.39, 0.29) is 16.7 Å². The molecule has 0 fully saturated rings. The fraction of sp³-hybridized carbons (Fsp3) is 1.00. The number of hydrogen-bond acceptors (Lipinski definition) is 2. The lowest BCUT2D eigenvalue weighted by Gasteiger charge is -2.17. The first-order valence-electron chi connectivity index (χ1n) is 3.36. The van der Waals surface area contributed by atoms with E-state index in [1.54, 1.807) is 21.6 Å². The normalized spacial score (nSPS) is 15.3. The van der Waals surface area contributed by atoms with E-state index in [9.17, 15) is 4.39 Å². The molecule has 0 radical (unpaired) electrons. The Hall–Kier alpha value is 0.630. The quantitative estimate of drug-likeness (QED) is 0.612. The van der Waals surface area contributed by atoms with Crippen molar-refractivity contribution in [1.82, 2.24) is 0 Å². The Morgan fingerprint density at radius 1 is 1.40 bits per heavy atom. The second-order valence-corrected chi connectivity index (χ2v) is 6.72. The molecule has 62 valence electrons. The van der Waals surface area contributed by atoms with Gasteiger partial charge in [0.15, 0.2) is 0 Å². The molecule has 0 spiro atoms. The van der Waals surface area contributed by atoms with Gasteiger partial charge in [0.25, 0.3) is 0 Å². The van der Waals surface area contributed by atoms with Crippen LogP contribution in [0.3, 0.4) is 0 Å². The second-order valence-electron chi connectivity index (χ2n) is 3.26. The molecule has 0 aliphatic rings. The van der Waals surface area contributed by atoms with Crippen molar-refractivity contribution < 1.29 is 4.39 Å².